The van der Waals surface area contributed by atoms with Crippen molar-refractivity contribution in [2.24, 2.45) is 4.99 Å². The second-order valence-corrected chi connectivity index (χ2v) is 7.22. The Kier molecular flexibility index (Phi) is 9.02. The van der Waals surface area contributed by atoms with Crippen molar-refractivity contribution in [2.45, 2.75) is 23.5 Å². The molecule has 130 valence electrons. The zero-order chi connectivity index (χ0) is 16.0. The van der Waals surface area contributed by atoms with E-state index in [4.69, 9.17) is 0 Å². The van der Waals surface area contributed by atoms with Gasteiger partial charge in [0.2, 0.25) is 0 Å². The number of halogens is 2. The molecule has 2 rings (SSSR count). The number of aliphatic hydroxyl groups is 1. The SMILES string of the molecule is CN=C(NCc1cc(F)ccc1SC)NCC1(O)CCSC1.I. The molecular weight excluding hydrogens is 448 g/mol. The van der Waals surface area contributed by atoms with Crippen LogP contribution in [0.2, 0.25) is 0 Å². The molecule has 1 fully saturated rings. The summed E-state index contributed by atoms with van der Waals surface area (Å²) in [5.41, 5.74) is 0.233. The van der Waals surface area contributed by atoms with Crippen LogP contribution in [0.25, 0.3) is 0 Å². The van der Waals surface area contributed by atoms with Gasteiger partial charge < -0.3 is 15.7 Å². The number of nitrogens with one attached hydrogen (secondary N) is 2. The summed E-state index contributed by atoms with van der Waals surface area (Å²) in [5.74, 6) is 2.11. The number of hydrogen-bond acceptors (Lipinski definition) is 4. The molecule has 0 spiro atoms. The fourth-order valence-electron chi connectivity index (χ4n) is 2.27. The van der Waals surface area contributed by atoms with Crippen LogP contribution >= 0.6 is 47.5 Å². The Hall–Kier alpha value is -0.190. The smallest absolute Gasteiger partial charge is 0.191 e. The molecule has 0 radical (unpaired) electrons. The van der Waals surface area contributed by atoms with Crippen LogP contribution < -0.4 is 10.6 Å². The quantitative estimate of drug-likeness (QED) is 0.267. The van der Waals surface area contributed by atoms with Crippen LogP contribution in [0.5, 0.6) is 0 Å². The molecule has 1 unspecified atom stereocenters. The van der Waals surface area contributed by atoms with Gasteiger partial charge in [0.1, 0.15) is 5.82 Å². The minimum atomic E-state index is -0.661. The Morgan fingerprint density at radius 2 is 2.26 bits per heavy atom. The first kappa shape index (κ1) is 20.9. The van der Waals surface area contributed by atoms with Crippen molar-refractivity contribution in [1.29, 1.82) is 0 Å². The maximum absolute atomic E-state index is 13.4. The average molecular weight is 471 g/mol. The lowest BCUT2D eigenvalue weighted by molar-refractivity contribution is 0.0724. The van der Waals surface area contributed by atoms with Gasteiger partial charge in [-0.25, -0.2) is 4.39 Å². The topological polar surface area (TPSA) is 56.7 Å². The normalized spacial score (nSPS) is 21.0. The molecule has 0 saturated carbocycles. The number of thioether (sulfide) groups is 2. The molecule has 1 saturated heterocycles. The number of aliphatic imine (C=N–C) groups is 1. The highest BCUT2D eigenvalue weighted by Crippen LogP contribution is 2.27. The van der Waals surface area contributed by atoms with Gasteiger partial charge in [-0.3, -0.25) is 4.99 Å². The zero-order valence-corrected chi connectivity index (χ0v) is 17.2. The van der Waals surface area contributed by atoms with E-state index in [1.54, 1.807) is 36.6 Å². The maximum Gasteiger partial charge on any atom is 0.191 e. The molecule has 23 heavy (non-hydrogen) atoms. The third-order valence-corrected chi connectivity index (χ3v) is 5.65. The van der Waals surface area contributed by atoms with Crippen molar-refractivity contribution in [3.8, 4) is 0 Å². The number of benzene rings is 1. The van der Waals surface area contributed by atoms with E-state index in [0.717, 1.165) is 28.4 Å². The summed E-state index contributed by atoms with van der Waals surface area (Å²) >= 11 is 3.35. The molecule has 1 aliphatic heterocycles. The number of nitrogens with zero attached hydrogens (tertiary/aromatic N) is 1. The molecule has 8 heteroatoms. The van der Waals surface area contributed by atoms with Crippen molar-refractivity contribution < 1.29 is 9.50 Å². The Labute approximate surface area is 162 Å². The third-order valence-electron chi connectivity index (χ3n) is 3.58. The summed E-state index contributed by atoms with van der Waals surface area (Å²) in [6, 6.07) is 4.79. The minimum absolute atomic E-state index is 0. The van der Waals surface area contributed by atoms with Crippen LogP contribution in [0.1, 0.15) is 12.0 Å². The molecule has 4 nitrogen and oxygen atoms in total. The Bertz CT molecular complexity index is 539. The molecule has 0 amide bonds. The molecule has 1 aromatic rings. The van der Waals surface area contributed by atoms with Crippen LogP contribution in [-0.4, -0.2) is 48.0 Å². The largest absolute Gasteiger partial charge is 0.387 e. The van der Waals surface area contributed by atoms with Crippen LogP contribution in [-0.2, 0) is 6.54 Å². The van der Waals surface area contributed by atoms with Crippen LogP contribution in [0, 0.1) is 5.82 Å². The van der Waals surface area contributed by atoms with Gasteiger partial charge in [0, 0.05) is 30.8 Å². The lowest BCUT2D eigenvalue weighted by atomic mass is 10.0. The van der Waals surface area contributed by atoms with Crippen LogP contribution in [0.15, 0.2) is 28.1 Å². The third kappa shape index (κ3) is 6.32. The first-order valence-electron chi connectivity index (χ1n) is 7.13. The standard InChI is InChI=1S/C15H22FN3OS2.HI/c1-17-14(19-9-15(20)5-6-22-10-15)18-8-11-7-12(16)3-4-13(11)21-2;/h3-4,7,20H,5-6,8-10H2,1-2H3,(H2,17,18,19);1H. The summed E-state index contributed by atoms with van der Waals surface area (Å²) in [5, 5.41) is 16.6. The second kappa shape index (κ2) is 9.95. The second-order valence-electron chi connectivity index (χ2n) is 5.26. The summed E-state index contributed by atoms with van der Waals surface area (Å²) < 4.78 is 13.4. The van der Waals surface area contributed by atoms with E-state index in [0.29, 0.717) is 19.0 Å². The van der Waals surface area contributed by atoms with Crippen LogP contribution in [0.3, 0.4) is 0 Å². The van der Waals surface area contributed by atoms with Gasteiger partial charge in [0.25, 0.3) is 0 Å². The van der Waals surface area contributed by atoms with Crippen molar-refractivity contribution in [1.82, 2.24) is 10.6 Å². The highest BCUT2D eigenvalue weighted by atomic mass is 127. The molecule has 1 atom stereocenters. The molecule has 3 N–H and O–H groups in total. The molecule has 1 heterocycles. The fourth-order valence-corrected chi connectivity index (χ4v) is 4.16. The summed E-state index contributed by atoms with van der Waals surface area (Å²) in [6.45, 7) is 0.957. The van der Waals surface area contributed by atoms with E-state index < -0.39 is 5.60 Å². The summed E-state index contributed by atoms with van der Waals surface area (Å²) in [4.78, 5) is 5.19. The number of guanidine groups is 1. The van der Waals surface area contributed by atoms with Gasteiger partial charge >= 0.3 is 0 Å². The predicted octanol–water partition coefficient (Wildman–Crippen LogP) is 2.70. The van der Waals surface area contributed by atoms with Gasteiger partial charge in [0.05, 0.1) is 5.60 Å². The van der Waals surface area contributed by atoms with E-state index in [-0.39, 0.29) is 29.8 Å². The molecule has 1 aromatic carbocycles. The first-order valence-corrected chi connectivity index (χ1v) is 9.51. The fraction of sp³-hybridized carbons (Fsp3) is 0.533. The van der Waals surface area contributed by atoms with Crippen LogP contribution in [0.4, 0.5) is 4.39 Å². The van der Waals surface area contributed by atoms with Gasteiger partial charge in [-0.1, -0.05) is 0 Å². The minimum Gasteiger partial charge on any atom is -0.387 e. The summed E-state index contributed by atoms with van der Waals surface area (Å²) in [7, 11) is 1.68. The Morgan fingerprint density at radius 3 is 2.87 bits per heavy atom. The predicted molar refractivity (Wildman–Crippen MR) is 109 cm³/mol. The van der Waals surface area contributed by atoms with Crippen molar-refractivity contribution >= 4 is 53.5 Å². The van der Waals surface area contributed by atoms with Crippen molar-refractivity contribution in [3.63, 3.8) is 0 Å². The average Bonchev–Trinajstić information content (AvgIpc) is 2.95. The zero-order valence-electron chi connectivity index (χ0n) is 13.3. The molecular formula is C15H23FIN3OS2. The number of rotatable bonds is 5. The lowest BCUT2D eigenvalue weighted by Gasteiger charge is -2.23. The highest BCUT2D eigenvalue weighted by molar-refractivity contribution is 14.0. The molecule has 0 bridgehead atoms. The lowest BCUT2D eigenvalue weighted by Crippen LogP contribution is -2.47. The van der Waals surface area contributed by atoms with E-state index in [1.165, 1.54) is 12.1 Å². The van der Waals surface area contributed by atoms with Crippen molar-refractivity contribution in [2.75, 3.05) is 31.4 Å². The Balaban J connectivity index is 0.00000264. The van der Waals surface area contributed by atoms with E-state index >= 15 is 0 Å². The monoisotopic (exact) mass is 471 g/mol. The van der Waals surface area contributed by atoms with E-state index in [1.807, 2.05) is 6.26 Å². The molecule has 0 aromatic heterocycles. The summed E-state index contributed by atoms with van der Waals surface area (Å²) in [6.07, 6.45) is 2.76. The molecule has 0 aliphatic carbocycles. The van der Waals surface area contributed by atoms with E-state index in [9.17, 15) is 9.50 Å². The first-order chi connectivity index (χ1) is 10.6. The van der Waals surface area contributed by atoms with Gasteiger partial charge in [-0.2, -0.15) is 11.8 Å². The maximum atomic E-state index is 13.4. The highest BCUT2D eigenvalue weighted by Gasteiger charge is 2.31. The van der Waals surface area contributed by atoms with Gasteiger partial charge in [-0.15, -0.1) is 35.7 Å². The Morgan fingerprint density at radius 1 is 1.48 bits per heavy atom. The van der Waals surface area contributed by atoms with Gasteiger partial charge in [-0.05, 0) is 42.2 Å². The van der Waals surface area contributed by atoms with Crippen molar-refractivity contribution in [3.05, 3.63) is 29.6 Å². The number of hydrogen-bond donors (Lipinski definition) is 3. The molecule has 1 aliphatic rings. The van der Waals surface area contributed by atoms with E-state index in [2.05, 4.69) is 15.6 Å². The van der Waals surface area contributed by atoms with Gasteiger partial charge in [0.15, 0.2) is 5.96 Å².